The quantitative estimate of drug-likeness (QED) is 0.659. The first-order valence-electron chi connectivity index (χ1n) is 10.0. The van der Waals surface area contributed by atoms with Gasteiger partial charge in [0, 0.05) is 25.2 Å². The SMILES string of the molecule is COc1ccc(C(=O)N2CCC(Cn3c(C)nc4ccccc43)CC2)cc1OC. The predicted octanol–water partition coefficient (Wildman–Crippen LogP) is 3.91. The zero-order valence-corrected chi connectivity index (χ0v) is 17.2. The molecule has 6 heteroatoms. The number of aromatic nitrogens is 2. The van der Waals surface area contributed by atoms with Gasteiger partial charge in [-0.05, 0) is 56.0 Å². The molecule has 0 unspecified atom stereocenters. The number of aryl methyl sites for hydroxylation is 1. The molecule has 0 N–H and O–H groups in total. The summed E-state index contributed by atoms with van der Waals surface area (Å²) in [4.78, 5) is 19.5. The summed E-state index contributed by atoms with van der Waals surface area (Å²) in [6, 6.07) is 13.6. The van der Waals surface area contributed by atoms with Crippen molar-refractivity contribution in [2.75, 3.05) is 27.3 Å². The molecule has 2 heterocycles. The van der Waals surface area contributed by atoms with Gasteiger partial charge in [-0.25, -0.2) is 4.98 Å². The van der Waals surface area contributed by atoms with Crippen molar-refractivity contribution in [2.24, 2.45) is 5.92 Å². The van der Waals surface area contributed by atoms with Gasteiger partial charge >= 0.3 is 0 Å². The van der Waals surface area contributed by atoms with Crippen LogP contribution in [0.5, 0.6) is 11.5 Å². The van der Waals surface area contributed by atoms with E-state index < -0.39 is 0 Å². The molecular weight excluding hydrogens is 366 g/mol. The Balaban J connectivity index is 1.41. The van der Waals surface area contributed by atoms with E-state index in [1.807, 2.05) is 11.0 Å². The summed E-state index contributed by atoms with van der Waals surface area (Å²) in [5.41, 5.74) is 2.87. The van der Waals surface area contributed by atoms with Gasteiger partial charge in [0.25, 0.3) is 5.91 Å². The summed E-state index contributed by atoms with van der Waals surface area (Å²) in [5.74, 6) is 2.85. The second-order valence-corrected chi connectivity index (χ2v) is 7.56. The Morgan fingerprint density at radius 3 is 2.52 bits per heavy atom. The average Bonchev–Trinajstić information content (AvgIpc) is 3.08. The van der Waals surface area contributed by atoms with Gasteiger partial charge in [-0.1, -0.05) is 12.1 Å². The Morgan fingerprint density at radius 2 is 1.79 bits per heavy atom. The van der Waals surface area contributed by atoms with E-state index in [2.05, 4.69) is 34.7 Å². The van der Waals surface area contributed by atoms with Crippen LogP contribution in [-0.4, -0.2) is 47.7 Å². The van der Waals surface area contributed by atoms with Crippen LogP contribution < -0.4 is 9.47 Å². The highest BCUT2D eigenvalue weighted by molar-refractivity contribution is 5.95. The Kier molecular flexibility index (Phi) is 5.43. The molecule has 4 rings (SSSR count). The highest BCUT2D eigenvalue weighted by atomic mass is 16.5. The number of hydrogen-bond donors (Lipinski definition) is 0. The van der Waals surface area contributed by atoms with Gasteiger partial charge in [0.05, 0.1) is 25.3 Å². The van der Waals surface area contributed by atoms with Crippen LogP contribution in [-0.2, 0) is 6.54 Å². The lowest BCUT2D eigenvalue weighted by molar-refractivity contribution is 0.0682. The number of methoxy groups -OCH3 is 2. The number of carbonyl (C=O) groups excluding carboxylic acids is 1. The molecule has 0 radical (unpaired) electrons. The number of fused-ring (bicyclic) bond motifs is 1. The van der Waals surface area contributed by atoms with E-state index in [1.54, 1.807) is 32.4 Å². The number of likely N-dealkylation sites (tertiary alicyclic amines) is 1. The Hall–Kier alpha value is -3.02. The molecule has 0 bridgehead atoms. The normalized spacial score (nSPS) is 14.9. The first-order valence-corrected chi connectivity index (χ1v) is 10.0. The lowest BCUT2D eigenvalue weighted by atomic mass is 9.96. The van der Waals surface area contributed by atoms with Gasteiger partial charge in [0.1, 0.15) is 5.82 Å². The van der Waals surface area contributed by atoms with Crippen molar-refractivity contribution in [1.29, 1.82) is 0 Å². The van der Waals surface area contributed by atoms with Gasteiger partial charge in [-0.3, -0.25) is 4.79 Å². The minimum absolute atomic E-state index is 0.0497. The van der Waals surface area contributed by atoms with Crippen LogP contribution in [0.25, 0.3) is 11.0 Å². The fraction of sp³-hybridized carbons (Fsp3) is 0.391. The van der Waals surface area contributed by atoms with Crippen molar-refractivity contribution >= 4 is 16.9 Å². The lowest BCUT2D eigenvalue weighted by Gasteiger charge is -2.32. The van der Waals surface area contributed by atoms with Gasteiger partial charge in [-0.15, -0.1) is 0 Å². The minimum atomic E-state index is 0.0497. The summed E-state index contributed by atoms with van der Waals surface area (Å²) in [7, 11) is 3.18. The molecule has 0 aliphatic carbocycles. The maximum Gasteiger partial charge on any atom is 0.253 e. The number of nitrogens with zero attached hydrogens (tertiary/aromatic N) is 3. The van der Waals surface area contributed by atoms with Crippen molar-refractivity contribution in [2.45, 2.75) is 26.3 Å². The third-order valence-electron chi connectivity index (χ3n) is 5.82. The maximum atomic E-state index is 12.9. The molecule has 2 aromatic carbocycles. The van der Waals surface area contributed by atoms with Crippen LogP contribution in [0.15, 0.2) is 42.5 Å². The van der Waals surface area contributed by atoms with E-state index in [0.29, 0.717) is 23.0 Å². The minimum Gasteiger partial charge on any atom is -0.493 e. The van der Waals surface area contributed by atoms with Gasteiger partial charge < -0.3 is 18.9 Å². The number of rotatable bonds is 5. The Labute approximate surface area is 171 Å². The van der Waals surface area contributed by atoms with E-state index in [-0.39, 0.29) is 5.91 Å². The monoisotopic (exact) mass is 393 g/mol. The highest BCUT2D eigenvalue weighted by Crippen LogP contribution is 2.29. The molecule has 0 saturated carbocycles. The van der Waals surface area contributed by atoms with Crippen LogP contribution in [0.2, 0.25) is 0 Å². The Bertz CT molecular complexity index is 1020. The number of imidazole rings is 1. The summed E-state index contributed by atoms with van der Waals surface area (Å²) < 4.78 is 12.9. The number of hydrogen-bond acceptors (Lipinski definition) is 4. The third-order valence-corrected chi connectivity index (χ3v) is 5.82. The number of ether oxygens (including phenoxy) is 2. The standard InChI is InChI=1S/C23H27N3O3/c1-16-24-19-6-4-5-7-20(19)26(16)15-17-10-12-25(13-11-17)23(27)18-8-9-21(28-2)22(14-18)29-3/h4-9,14,17H,10-13,15H2,1-3H3. The molecule has 1 aliphatic rings. The second kappa shape index (κ2) is 8.15. The van der Waals surface area contributed by atoms with Crippen molar-refractivity contribution < 1.29 is 14.3 Å². The molecule has 6 nitrogen and oxygen atoms in total. The van der Waals surface area contributed by atoms with Gasteiger partial charge in [0.15, 0.2) is 11.5 Å². The smallest absolute Gasteiger partial charge is 0.253 e. The van der Waals surface area contributed by atoms with E-state index in [0.717, 1.165) is 43.8 Å². The maximum absolute atomic E-state index is 12.9. The fourth-order valence-electron chi connectivity index (χ4n) is 4.16. The van der Waals surface area contributed by atoms with Gasteiger partial charge in [-0.2, -0.15) is 0 Å². The van der Waals surface area contributed by atoms with E-state index >= 15 is 0 Å². The highest BCUT2D eigenvalue weighted by Gasteiger charge is 2.25. The molecule has 1 aliphatic heterocycles. The topological polar surface area (TPSA) is 56.6 Å². The molecule has 1 fully saturated rings. The van der Waals surface area contributed by atoms with Crippen LogP contribution in [0.4, 0.5) is 0 Å². The van der Waals surface area contributed by atoms with Crippen molar-refractivity contribution in [3.05, 3.63) is 53.9 Å². The molecule has 1 amide bonds. The van der Waals surface area contributed by atoms with Crippen LogP contribution >= 0.6 is 0 Å². The van der Waals surface area contributed by atoms with Crippen molar-refractivity contribution in [1.82, 2.24) is 14.5 Å². The molecule has 3 aromatic rings. The average molecular weight is 393 g/mol. The number of amides is 1. The van der Waals surface area contributed by atoms with Crippen LogP contribution in [0.3, 0.4) is 0 Å². The lowest BCUT2D eigenvalue weighted by Crippen LogP contribution is -2.39. The second-order valence-electron chi connectivity index (χ2n) is 7.56. The third kappa shape index (κ3) is 3.79. The Morgan fingerprint density at radius 1 is 1.07 bits per heavy atom. The predicted molar refractivity (Wildman–Crippen MR) is 113 cm³/mol. The van der Waals surface area contributed by atoms with E-state index in [4.69, 9.17) is 9.47 Å². The van der Waals surface area contributed by atoms with Gasteiger partial charge in [0.2, 0.25) is 0 Å². The van der Waals surface area contributed by atoms with E-state index in [1.165, 1.54) is 5.52 Å². The number of piperidine rings is 1. The first-order chi connectivity index (χ1) is 14.1. The van der Waals surface area contributed by atoms with Crippen molar-refractivity contribution in [3.63, 3.8) is 0 Å². The molecule has 0 spiro atoms. The van der Waals surface area contributed by atoms with E-state index in [9.17, 15) is 4.79 Å². The number of benzene rings is 2. The zero-order chi connectivity index (χ0) is 20.4. The molecule has 29 heavy (non-hydrogen) atoms. The summed E-state index contributed by atoms with van der Waals surface area (Å²) in [5, 5.41) is 0. The largest absolute Gasteiger partial charge is 0.493 e. The summed E-state index contributed by atoms with van der Waals surface area (Å²) in [6.45, 7) is 4.55. The molecule has 1 saturated heterocycles. The first kappa shape index (κ1) is 19.3. The summed E-state index contributed by atoms with van der Waals surface area (Å²) in [6.07, 6.45) is 1.98. The summed E-state index contributed by atoms with van der Waals surface area (Å²) >= 11 is 0. The van der Waals surface area contributed by atoms with Crippen LogP contribution in [0, 0.1) is 12.8 Å². The molecule has 1 aromatic heterocycles. The number of para-hydroxylation sites is 2. The molecule has 152 valence electrons. The number of carbonyl (C=O) groups is 1. The van der Waals surface area contributed by atoms with Crippen LogP contribution in [0.1, 0.15) is 29.0 Å². The fourth-order valence-corrected chi connectivity index (χ4v) is 4.16. The zero-order valence-electron chi connectivity index (χ0n) is 17.2. The molecule has 0 atom stereocenters. The van der Waals surface area contributed by atoms with Crippen molar-refractivity contribution in [3.8, 4) is 11.5 Å². The molecular formula is C23H27N3O3.